The maximum absolute atomic E-state index is 11.8. The zero-order chi connectivity index (χ0) is 13.0. The van der Waals surface area contributed by atoms with Gasteiger partial charge in [-0.05, 0) is 24.6 Å². The number of amides is 1. The molecule has 1 amide bonds. The molecule has 2 aromatic rings. The van der Waals surface area contributed by atoms with Crippen LogP contribution in [0.1, 0.15) is 12.5 Å². The van der Waals surface area contributed by atoms with E-state index < -0.39 is 0 Å². The average molecular weight is 261 g/mol. The van der Waals surface area contributed by atoms with Gasteiger partial charge in [-0.25, -0.2) is 0 Å². The summed E-state index contributed by atoms with van der Waals surface area (Å²) in [4.78, 5) is 12.7. The maximum atomic E-state index is 11.8. The van der Waals surface area contributed by atoms with Gasteiger partial charge in [0.25, 0.3) is 0 Å². The number of aryl methyl sites for hydroxylation is 1. The summed E-state index contributed by atoms with van der Waals surface area (Å²) in [5.74, 6) is -0.0439. The quantitative estimate of drug-likeness (QED) is 0.830. The van der Waals surface area contributed by atoms with Crippen LogP contribution in [0.25, 0.3) is 0 Å². The second-order valence-corrected chi connectivity index (χ2v) is 4.49. The molecule has 5 heteroatoms. The number of benzene rings is 1. The maximum Gasteiger partial charge on any atom is 0.228 e. The van der Waals surface area contributed by atoms with Crippen LogP contribution in [0.2, 0.25) is 0 Å². The van der Waals surface area contributed by atoms with Crippen LogP contribution in [0.4, 0.5) is 5.69 Å². The fourth-order valence-electron chi connectivity index (χ4n) is 1.61. The number of nitrogens with zero attached hydrogens (tertiary/aromatic N) is 2. The lowest BCUT2D eigenvalue weighted by atomic mass is 10.1. The smallest absolute Gasteiger partial charge is 0.228 e. The van der Waals surface area contributed by atoms with Crippen molar-refractivity contribution < 1.29 is 4.79 Å². The van der Waals surface area contributed by atoms with E-state index in [1.165, 1.54) is 0 Å². The van der Waals surface area contributed by atoms with Crippen LogP contribution in [-0.2, 0) is 17.8 Å². The Morgan fingerprint density at radius 3 is 2.72 bits per heavy atom. The van der Waals surface area contributed by atoms with Crippen molar-refractivity contribution in [3.05, 3.63) is 42.2 Å². The van der Waals surface area contributed by atoms with Gasteiger partial charge in [0.2, 0.25) is 5.91 Å². The molecule has 0 atom stereocenters. The van der Waals surface area contributed by atoms with E-state index in [0.29, 0.717) is 6.42 Å². The number of rotatable bonds is 4. The minimum absolute atomic E-state index is 0.0439. The molecule has 0 aliphatic heterocycles. The molecule has 1 N–H and O–H groups in total. The largest absolute Gasteiger partial charge is 0.323 e. The van der Waals surface area contributed by atoms with E-state index in [1.807, 2.05) is 37.4 Å². The summed E-state index contributed by atoms with van der Waals surface area (Å²) in [7, 11) is 0. The van der Waals surface area contributed by atoms with E-state index in [9.17, 15) is 4.79 Å². The second-order valence-electron chi connectivity index (χ2n) is 3.98. The SMILES string of the molecule is CCn1cc(NC(=O)Cc2ccc(S)cc2)cn1. The minimum atomic E-state index is -0.0439. The lowest BCUT2D eigenvalue weighted by Crippen LogP contribution is -2.13. The fourth-order valence-corrected chi connectivity index (χ4v) is 1.75. The lowest BCUT2D eigenvalue weighted by Gasteiger charge is -2.03. The summed E-state index contributed by atoms with van der Waals surface area (Å²) < 4.78 is 1.77. The number of hydrogen-bond acceptors (Lipinski definition) is 3. The highest BCUT2D eigenvalue weighted by molar-refractivity contribution is 7.80. The molecule has 0 radical (unpaired) electrons. The third-order valence-electron chi connectivity index (χ3n) is 2.54. The van der Waals surface area contributed by atoms with Gasteiger partial charge in [0.05, 0.1) is 18.3 Å². The van der Waals surface area contributed by atoms with E-state index in [0.717, 1.165) is 22.7 Å². The van der Waals surface area contributed by atoms with E-state index in [1.54, 1.807) is 10.9 Å². The molecule has 0 aliphatic carbocycles. The van der Waals surface area contributed by atoms with Gasteiger partial charge >= 0.3 is 0 Å². The monoisotopic (exact) mass is 261 g/mol. The first kappa shape index (κ1) is 12.7. The Morgan fingerprint density at radius 1 is 1.39 bits per heavy atom. The van der Waals surface area contributed by atoms with Crippen molar-refractivity contribution in [2.45, 2.75) is 24.8 Å². The topological polar surface area (TPSA) is 46.9 Å². The van der Waals surface area contributed by atoms with Gasteiger partial charge in [-0.3, -0.25) is 9.48 Å². The highest BCUT2D eigenvalue weighted by Gasteiger charge is 2.05. The second kappa shape index (κ2) is 5.73. The molecule has 1 aromatic carbocycles. The molecule has 0 aliphatic rings. The molecule has 1 aromatic heterocycles. The Bertz CT molecular complexity index is 533. The Kier molecular flexibility index (Phi) is 4.04. The van der Waals surface area contributed by atoms with Gasteiger partial charge in [-0.15, -0.1) is 12.6 Å². The van der Waals surface area contributed by atoms with Gasteiger partial charge in [0.15, 0.2) is 0 Å². The van der Waals surface area contributed by atoms with Gasteiger partial charge in [-0.1, -0.05) is 12.1 Å². The summed E-state index contributed by atoms with van der Waals surface area (Å²) in [6, 6.07) is 7.55. The first-order valence-corrected chi connectivity index (χ1v) is 6.22. The zero-order valence-electron chi connectivity index (χ0n) is 10.1. The molecule has 0 bridgehead atoms. The van der Waals surface area contributed by atoms with Crippen molar-refractivity contribution in [2.75, 3.05) is 5.32 Å². The number of carbonyl (C=O) groups is 1. The van der Waals surface area contributed by atoms with Crippen molar-refractivity contribution >= 4 is 24.2 Å². The normalized spacial score (nSPS) is 10.3. The van der Waals surface area contributed by atoms with Crippen LogP contribution in [0, 0.1) is 0 Å². The van der Waals surface area contributed by atoms with E-state index in [2.05, 4.69) is 23.0 Å². The third kappa shape index (κ3) is 3.37. The van der Waals surface area contributed by atoms with Crippen LogP contribution in [-0.4, -0.2) is 15.7 Å². The van der Waals surface area contributed by atoms with Crippen LogP contribution < -0.4 is 5.32 Å². The van der Waals surface area contributed by atoms with Gasteiger partial charge in [0, 0.05) is 17.6 Å². The molecule has 0 unspecified atom stereocenters. The summed E-state index contributed by atoms with van der Waals surface area (Å²) in [5.41, 5.74) is 1.70. The molecule has 0 fully saturated rings. The highest BCUT2D eigenvalue weighted by atomic mass is 32.1. The molecule has 0 saturated carbocycles. The van der Waals surface area contributed by atoms with Crippen LogP contribution in [0.3, 0.4) is 0 Å². The highest BCUT2D eigenvalue weighted by Crippen LogP contribution is 2.10. The fraction of sp³-hybridized carbons (Fsp3) is 0.231. The Hall–Kier alpha value is -1.75. The van der Waals surface area contributed by atoms with E-state index >= 15 is 0 Å². The van der Waals surface area contributed by atoms with Crippen LogP contribution in [0.5, 0.6) is 0 Å². The summed E-state index contributed by atoms with van der Waals surface area (Å²) in [6.07, 6.45) is 3.82. The molecule has 0 spiro atoms. The Balaban J connectivity index is 1.94. The average Bonchev–Trinajstić information content (AvgIpc) is 2.79. The molecule has 18 heavy (non-hydrogen) atoms. The van der Waals surface area contributed by atoms with Crippen molar-refractivity contribution in [1.29, 1.82) is 0 Å². The number of hydrogen-bond donors (Lipinski definition) is 2. The third-order valence-corrected chi connectivity index (χ3v) is 2.84. The van der Waals surface area contributed by atoms with Gasteiger partial charge in [0.1, 0.15) is 0 Å². The number of nitrogens with one attached hydrogen (secondary N) is 1. The van der Waals surface area contributed by atoms with Crippen molar-refractivity contribution in [3.63, 3.8) is 0 Å². The van der Waals surface area contributed by atoms with Crippen molar-refractivity contribution in [3.8, 4) is 0 Å². The predicted octanol–water partition coefficient (Wildman–Crippen LogP) is 2.37. The standard InChI is InChI=1S/C13H15N3OS/c1-2-16-9-11(8-14-16)15-13(17)7-10-3-5-12(18)6-4-10/h3-6,8-9,18H,2,7H2,1H3,(H,15,17). The number of carbonyl (C=O) groups excluding carboxylic acids is 1. The van der Waals surface area contributed by atoms with Crippen LogP contribution >= 0.6 is 12.6 Å². The van der Waals surface area contributed by atoms with Crippen molar-refractivity contribution in [1.82, 2.24) is 9.78 Å². The molecule has 0 saturated heterocycles. The molecule has 4 nitrogen and oxygen atoms in total. The first-order chi connectivity index (χ1) is 8.67. The summed E-state index contributed by atoms with van der Waals surface area (Å²) >= 11 is 4.20. The Labute approximate surface area is 111 Å². The summed E-state index contributed by atoms with van der Waals surface area (Å²) in [6.45, 7) is 2.79. The van der Waals surface area contributed by atoms with Crippen molar-refractivity contribution in [2.24, 2.45) is 0 Å². The molecule has 2 rings (SSSR count). The molecule has 94 valence electrons. The number of aromatic nitrogens is 2. The molecular formula is C13H15N3OS. The molecular weight excluding hydrogens is 246 g/mol. The number of thiol groups is 1. The lowest BCUT2D eigenvalue weighted by molar-refractivity contribution is -0.115. The Morgan fingerprint density at radius 2 is 2.11 bits per heavy atom. The zero-order valence-corrected chi connectivity index (χ0v) is 11.0. The molecule has 1 heterocycles. The van der Waals surface area contributed by atoms with E-state index in [4.69, 9.17) is 0 Å². The first-order valence-electron chi connectivity index (χ1n) is 5.77. The van der Waals surface area contributed by atoms with Crippen LogP contribution in [0.15, 0.2) is 41.6 Å². The summed E-state index contributed by atoms with van der Waals surface area (Å²) in [5, 5.41) is 6.92. The number of anilines is 1. The minimum Gasteiger partial charge on any atom is -0.323 e. The van der Waals surface area contributed by atoms with Gasteiger partial charge < -0.3 is 5.32 Å². The van der Waals surface area contributed by atoms with Gasteiger partial charge in [-0.2, -0.15) is 5.10 Å². The van der Waals surface area contributed by atoms with E-state index in [-0.39, 0.29) is 5.91 Å². The predicted molar refractivity (Wildman–Crippen MR) is 73.9 cm³/mol.